The molecule has 2 N–H and O–H groups in total. The van der Waals surface area contributed by atoms with E-state index in [-0.39, 0.29) is 0 Å². The van der Waals surface area contributed by atoms with Gasteiger partial charge in [0.1, 0.15) is 17.7 Å². The van der Waals surface area contributed by atoms with E-state index in [9.17, 15) is 0 Å². The first-order chi connectivity index (χ1) is 8.29. The minimum Gasteiger partial charge on any atom is -0.383 e. The molecule has 3 heterocycles. The van der Waals surface area contributed by atoms with Gasteiger partial charge in [0.25, 0.3) is 0 Å². The van der Waals surface area contributed by atoms with E-state index >= 15 is 0 Å². The summed E-state index contributed by atoms with van der Waals surface area (Å²) in [5, 5.41) is 0.752. The number of hydrogen-bond acceptors (Lipinski definition) is 5. The van der Waals surface area contributed by atoms with Crippen LogP contribution in [0.5, 0.6) is 0 Å². The summed E-state index contributed by atoms with van der Waals surface area (Å²) in [6.45, 7) is 3.02. The van der Waals surface area contributed by atoms with E-state index in [1.165, 1.54) is 6.33 Å². The first-order valence-electron chi connectivity index (χ1n) is 5.51. The molecular weight excluding hydrogens is 216 g/mol. The molecule has 0 aliphatic heterocycles. The molecule has 3 rings (SSSR count). The van der Waals surface area contributed by atoms with Crippen molar-refractivity contribution in [2.75, 3.05) is 5.73 Å². The lowest BCUT2D eigenvalue weighted by Gasteiger charge is -2.02. The van der Waals surface area contributed by atoms with Crippen molar-refractivity contribution in [3.8, 4) is 0 Å². The van der Waals surface area contributed by atoms with E-state index in [1.54, 1.807) is 6.33 Å². The van der Waals surface area contributed by atoms with Gasteiger partial charge in [-0.15, -0.1) is 0 Å². The lowest BCUT2D eigenvalue weighted by molar-refractivity contribution is 0.692. The lowest BCUT2D eigenvalue weighted by Crippen LogP contribution is -1.98. The Kier molecular flexibility index (Phi) is 2.14. The zero-order valence-corrected chi connectivity index (χ0v) is 9.46. The molecule has 0 aliphatic carbocycles. The maximum absolute atomic E-state index is 5.79. The number of nitrogen functional groups attached to an aromatic ring is 1. The summed E-state index contributed by atoms with van der Waals surface area (Å²) in [7, 11) is 0. The molecule has 0 unspecified atom stereocenters. The van der Waals surface area contributed by atoms with Crippen LogP contribution in [0, 0.1) is 0 Å². The third-order valence-electron chi connectivity index (χ3n) is 2.69. The molecule has 6 nitrogen and oxygen atoms in total. The van der Waals surface area contributed by atoms with Gasteiger partial charge >= 0.3 is 0 Å². The van der Waals surface area contributed by atoms with Crippen LogP contribution in [0.25, 0.3) is 22.2 Å². The van der Waals surface area contributed by atoms with E-state index in [0.717, 1.165) is 29.5 Å². The first kappa shape index (κ1) is 9.95. The van der Waals surface area contributed by atoms with Gasteiger partial charge in [0, 0.05) is 6.54 Å². The predicted molar refractivity (Wildman–Crippen MR) is 65.3 cm³/mol. The number of pyridine rings is 1. The minimum atomic E-state index is 0.439. The van der Waals surface area contributed by atoms with Crippen LogP contribution in [-0.2, 0) is 6.54 Å². The smallest absolute Gasteiger partial charge is 0.167 e. The van der Waals surface area contributed by atoms with Crippen molar-refractivity contribution in [1.29, 1.82) is 0 Å². The number of fused-ring (bicyclic) bond motifs is 2. The van der Waals surface area contributed by atoms with Crippen molar-refractivity contribution < 1.29 is 0 Å². The second kappa shape index (κ2) is 3.65. The molecular formula is C11H12N6. The fourth-order valence-corrected chi connectivity index (χ4v) is 1.88. The predicted octanol–water partition coefficient (Wildman–Crippen LogP) is 1.37. The molecule has 3 aromatic rings. The molecule has 6 heteroatoms. The summed E-state index contributed by atoms with van der Waals surface area (Å²) in [6, 6.07) is 1.89. The van der Waals surface area contributed by atoms with Crippen LogP contribution in [0.2, 0.25) is 0 Å². The van der Waals surface area contributed by atoms with Crippen LogP contribution in [0.1, 0.15) is 13.3 Å². The second-order valence-electron chi connectivity index (χ2n) is 3.90. The number of aryl methyl sites for hydroxylation is 1. The average Bonchev–Trinajstić information content (AvgIpc) is 2.71. The lowest BCUT2D eigenvalue weighted by atomic mass is 10.3. The topological polar surface area (TPSA) is 82.5 Å². The van der Waals surface area contributed by atoms with Gasteiger partial charge in [0.05, 0.1) is 11.7 Å². The monoisotopic (exact) mass is 228 g/mol. The highest BCUT2D eigenvalue weighted by molar-refractivity contribution is 5.93. The van der Waals surface area contributed by atoms with Gasteiger partial charge in [-0.2, -0.15) is 0 Å². The highest BCUT2D eigenvalue weighted by atomic mass is 15.1. The SMILES string of the molecule is CCCn1cnc2cc3c(N)ncnc3nc21. The maximum atomic E-state index is 5.79. The van der Waals surface area contributed by atoms with E-state index in [2.05, 4.69) is 26.9 Å². The van der Waals surface area contributed by atoms with Crippen molar-refractivity contribution in [1.82, 2.24) is 24.5 Å². The zero-order chi connectivity index (χ0) is 11.8. The van der Waals surface area contributed by atoms with Gasteiger partial charge in [-0.05, 0) is 12.5 Å². The van der Waals surface area contributed by atoms with Crippen molar-refractivity contribution in [3.05, 3.63) is 18.7 Å². The quantitative estimate of drug-likeness (QED) is 0.716. The summed E-state index contributed by atoms with van der Waals surface area (Å²) in [6.07, 6.45) is 4.26. The Morgan fingerprint density at radius 3 is 3.00 bits per heavy atom. The molecule has 0 aliphatic rings. The molecule has 86 valence electrons. The summed E-state index contributed by atoms with van der Waals surface area (Å²) >= 11 is 0. The van der Waals surface area contributed by atoms with Gasteiger partial charge in [-0.1, -0.05) is 6.92 Å². The van der Waals surface area contributed by atoms with Crippen LogP contribution in [-0.4, -0.2) is 24.5 Å². The molecule has 0 aromatic carbocycles. The third kappa shape index (κ3) is 1.49. The number of aromatic nitrogens is 5. The number of hydrogen-bond donors (Lipinski definition) is 1. The number of rotatable bonds is 2. The molecule has 0 spiro atoms. The normalized spacial score (nSPS) is 11.4. The van der Waals surface area contributed by atoms with E-state index < -0.39 is 0 Å². The molecule has 0 fully saturated rings. The Morgan fingerprint density at radius 1 is 1.29 bits per heavy atom. The fourth-order valence-electron chi connectivity index (χ4n) is 1.88. The van der Waals surface area contributed by atoms with Crippen LogP contribution >= 0.6 is 0 Å². The van der Waals surface area contributed by atoms with Crippen molar-refractivity contribution >= 4 is 28.0 Å². The van der Waals surface area contributed by atoms with Gasteiger partial charge in [0.15, 0.2) is 11.3 Å². The van der Waals surface area contributed by atoms with E-state index in [1.807, 2.05) is 10.6 Å². The summed E-state index contributed by atoms with van der Waals surface area (Å²) in [5.41, 5.74) is 8.07. The molecule has 3 aromatic heterocycles. The Morgan fingerprint density at radius 2 is 2.18 bits per heavy atom. The molecule has 0 amide bonds. The number of nitrogens with two attached hydrogens (primary N) is 1. The summed E-state index contributed by atoms with van der Waals surface area (Å²) in [5.74, 6) is 0.439. The highest BCUT2D eigenvalue weighted by Crippen LogP contribution is 2.20. The van der Waals surface area contributed by atoms with Gasteiger partial charge < -0.3 is 10.3 Å². The number of anilines is 1. The van der Waals surface area contributed by atoms with Crippen molar-refractivity contribution in [3.63, 3.8) is 0 Å². The van der Waals surface area contributed by atoms with Gasteiger partial charge in [-0.3, -0.25) is 0 Å². The van der Waals surface area contributed by atoms with Gasteiger partial charge in [-0.25, -0.2) is 19.9 Å². The zero-order valence-electron chi connectivity index (χ0n) is 9.46. The second-order valence-corrected chi connectivity index (χ2v) is 3.90. The molecule has 0 saturated heterocycles. The van der Waals surface area contributed by atoms with Crippen LogP contribution in [0.4, 0.5) is 5.82 Å². The molecule has 0 bridgehead atoms. The highest BCUT2D eigenvalue weighted by Gasteiger charge is 2.08. The molecule has 17 heavy (non-hydrogen) atoms. The van der Waals surface area contributed by atoms with Crippen LogP contribution in [0.15, 0.2) is 18.7 Å². The molecule has 0 atom stereocenters. The average molecular weight is 228 g/mol. The number of nitrogens with zero attached hydrogens (tertiary/aromatic N) is 5. The fraction of sp³-hybridized carbons (Fsp3) is 0.273. The first-order valence-corrected chi connectivity index (χ1v) is 5.51. The standard InChI is InChI=1S/C11H12N6/c1-2-3-17-6-15-8-4-7-9(12)13-5-14-10(7)16-11(8)17/h4-6H,2-3H2,1H3,(H2,12,13,14,16). The van der Waals surface area contributed by atoms with Crippen LogP contribution in [0.3, 0.4) is 0 Å². The minimum absolute atomic E-state index is 0.439. The summed E-state index contributed by atoms with van der Waals surface area (Å²) in [4.78, 5) is 16.9. The Balaban J connectivity index is 2.34. The van der Waals surface area contributed by atoms with Crippen molar-refractivity contribution in [2.45, 2.75) is 19.9 Å². The molecule has 0 radical (unpaired) electrons. The van der Waals surface area contributed by atoms with E-state index in [0.29, 0.717) is 11.5 Å². The third-order valence-corrected chi connectivity index (χ3v) is 2.69. The molecule has 0 saturated carbocycles. The Bertz CT molecular complexity index is 687. The summed E-state index contributed by atoms with van der Waals surface area (Å²) < 4.78 is 2.02. The number of imidazole rings is 1. The largest absolute Gasteiger partial charge is 0.383 e. The van der Waals surface area contributed by atoms with E-state index in [4.69, 9.17) is 5.73 Å². The van der Waals surface area contributed by atoms with Gasteiger partial charge in [0.2, 0.25) is 0 Å². The van der Waals surface area contributed by atoms with Crippen LogP contribution < -0.4 is 5.73 Å². The Hall–Kier alpha value is -2.24. The Labute approximate surface area is 97.5 Å². The maximum Gasteiger partial charge on any atom is 0.167 e. The van der Waals surface area contributed by atoms with Crippen molar-refractivity contribution in [2.24, 2.45) is 0 Å².